The van der Waals surface area contributed by atoms with Gasteiger partial charge in [-0.2, -0.15) is 0 Å². The number of H-pyrrole nitrogens is 3. The van der Waals surface area contributed by atoms with E-state index in [9.17, 15) is 19.2 Å². The molecule has 4 aromatic rings. The summed E-state index contributed by atoms with van der Waals surface area (Å²) in [5, 5.41) is 11.4. The molecular formula is C34H42ClN9O4. The maximum atomic E-state index is 14.1. The van der Waals surface area contributed by atoms with Crippen LogP contribution < -0.4 is 22.0 Å². The number of amides is 3. The summed E-state index contributed by atoms with van der Waals surface area (Å²) in [7, 11) is 0. The number of halogens is 1. The Bertz CT molecular complexity index is 1860. The van der Waals surface area contributed by atoms with Gasteiger partial charge < -0.3 is 30.4 Å². The zero-order chi connectivity index (χ0) is 33.2. The molecule has 2 aromatic carbocycles. The molecule has 13 nitrogen and oxygen atoms in total. The average molecular weight is 676 g/mol. The lowest BCUT2D eigenvalue weighted by molar-refractivity contribution is -0.135. The highest BCUT2D eigenvalue weighted by Gasteiger charge is 2.34. The molecule has 5 N–H and O–H groups in total. The molecule has 3 fully saturated rings. The smallest absolute Gasteiger partial charge is 0.341 e. The van der Waals surface area contributed by atoms with Crippen molar-refractivity contribution in [3.8, 4) is 11.4 Å². The number of urea groups is 1. The van der Waals surface area contributed by atoms with E-state index >= 15 is 0 Å². The number of aromatic nitrogens is 5. The van der Waals surface area contributed by atoms with Crippen molar-refractivity contribution < 1.29 is 9.59 Å². The second-order valence-corrected chi connectivity index (χ2v) is 13.8. The van der Waals surface area contributed by atoms with Crippen molar-refractivity contribution in [1.82, 2.24) is 45.2 Å². The molecule has 5 heterocycles. The molecule has 0 radical (unpaired) electrons. The zero-order valence-electron chi connectivity index (χ0n) is 26.8. The first-order valence-electron chi connectivity index (χ1n) is 17.0. The summed E-state index contributed by atoms with van der Waals surface area (Å²) < 4.78 is 1.49. The van der Waals surface area contributed by atoms with Crippen LogP contribution in [-0.4, -0.2) is 91.8 Å². The van der Waals surface area contributed by atoms with Crippen LogP contribution in [0.2, 0.25) is 5.02 Å². The van der Waals surface area contributed by atoms with Gasteiger partial charge in [0.1, 0.15) is 6.04 Å². The van der Waals surface area contributed by atoms with Crippen molar-refractivity contribution >= 4 is 34.6 Å². The van der Waals surface area contributed by atoms with Crippen molar-refractivity contribution in [1.29, 1.82) is 0 Å². The summed E-state index contributed by atoms with van der Waals surface area (Å²) in [5.41, 5.74) is 1.99. The predicted molar refractivity (Wildman–Crippen MR) is 183 cm³/mol. The molecule has 1 unspecified atom stereocenters. The van der Waals surface area contributed by atoms with Gasteiger partial charge in [0.25, 0.3) is 0 Å². The molecule has 0 aliphatic carbocycles. The first-order valence-corrected chi connectivity index (χ1v) is 17.4. The number of imidazole rings is 1. The van der Waals surface area contributed by atoms with Gasteiger partial charge in [0, 0.05) is 38.2 Å². The number of fused-ring (bicyclic) bond motifs is 1. The summed E-state index contributed by atoms with van der Waals surface area (Å²) in [4.78, 5) is 64.4. The summed E-state index contributed by atoms with van der Waals surface area (Å²) in [6.07, 6.45) is 5.63. The Balaban J connectivity index is 1.03. The Morgan fingerprint density at radius 3 is 2.29 bits per heavy atom. The highest BCUT2D eigenvalue weighted by Crippen LogP contribution is 2.31. The molecule has 48 heavy (non-hydrogen) atoms. The zero-order valence-corrected chi connectivity index (χ0v) is 27.6. The van der Waals surface area contributed by atoms with Gasteiger partial charge in [-0.05, 0) is 81.1 Å². The average Bonchev–Trinajstić information content (AvgIpc) is 3.70. The van der Waals surface area contributed by atoms with Crippen LogP contribution in [0.15, 0.2) is 52.1 Å². The van der Waals surface area contributed by atoms with Crippen LogP contribution in [-0.2, 0) is 11.2 Å². The molecule has 7 rings (SSSR count). The topological polar surface area (TPSA) is 164 Å². The molecule has 3 aliphatic heterocycles. The highest BCUT2D eigenvalue weighted by molar-refractivity contribution is 6.35. The quantitative estimate of drug-likeness (QED) is 0.202. The fourth-order valence-corrected chi connectivity index (χ4v) is 7.99. The van der Waals surface area contributed by atoms with Crippen LogP contribution in [0.4, 0.5) is 4.79 Å². The van der Waals surface area contributed by atoms with E-state index < -0.39 is 6.04 Å². The summed E-state index contributed by atoms with van der Waals surface area (Å²) in [6.45, 7) is 4.28. The SMILES string of the molecule is O=C(NC(Cc1cc(Cl)c2[nH]c(=O)[nH]c2c1)C(=O)N1CCC(C2CCNCC2)CC1)N1CCC(n2nc(-c3ccccc3)[nH]c2=O)CC1. The summed E-state index contributed by atoms with van der Waals surface area (Å²) in [6, 6.07) is 11.7. The van der Waals surface area contributed by atoms with Crippen molar-refractivity contribution in [3.05, 3.63) is 74.0 Å². The number of aromatic amines is 3. The molecule has 254 valence electrons. The van der Waals surface area contributed by atoms with Gasteiger partial charge in [0.2, 0.25) is 5.91 Å². The van der Waals surface area contributed by atoms with Gasteiger partial charge in [0.05, 0.1) is 22.1 Å². The lowest BCUT2D eigenvalue weighted by Crippen LogP contribution is -2.55. The first kappa shape index (κ1) is 32.2. The van der Waals surface area contributed by atoms with E-state index in [0.29, 0.717) is 72.7 Å². The largest absolute Gasteiger partial charge is 0.343 e. The van der Waals surface area contributed by atoms with Crippen LogP contribution >= 0.6 is 11.6 Å². The van der Waals surface area contributed by atoms with E-state index in [1.165, 1.54) is 17.5 Å². The Hall–Kier alpha value is -4.36. The van der Waals surface area contributed by atoms with Gasteiger partial charge in [-0.25, -0.2) is 19.1 Å². The maximum absolute atomic E-state index is 14.1. The van der Waals surface area contributed by atoms with Crippen molar-refractivity contribution in [2.24, 2.45) is 11.8 Å². The fraction of sp³-hybridized carbons (Fsp3) is 0.500. The van der Waals surface area contributed by atoms with E-state index in [4.69, 9.17) is 11.6 Å². The van der Waals surface area contributed by atoms with E-state index in [2.05, 4.69) is 30.7 Å². The Labute approximate surface area is 282 Å². The van der Waals surface area contributed by atoms with Crippen LogP contribution in [0.3, 0.4) is 0 Å². The number of piperidine rings is 3. The number of nitrogens with zero attached hydrogens (tertiary/aromatic N) is 4. The van der Waals surface area contributed by atoms with Gasteiger partial charge in [-0.1, -0.05) is 41.9 Å². The van der Waals surface area contributed by atoms with E-state index in [-0.39, 0.29) is 35.8 Å². The number of benzene rings is 2. The molecule has 3 saturated heterocycles. The molecule has 14 heteroatoms. The minimum atomic E-state index is -0.813. The highest BCUT2D eigenvalue weighted by atomic mass is 35.5. The second-order valence-electron chi connectivity index (χ2n) is 13.3. The van der Waals surface area contributed by atoms with E-state index in [0.717, 1.165) is 37.1 Å². The number of carbonyl (C=O) groups is 2. The molecule has 2 aromatic heterocycles. The third-order valence-corrected chi connectivity index (χ3v) is 10.7. The third-order valence-electron chi connectivity index (χ3n) is 10.4. The molecule has 0 bridgehead atoms. The first-order chi connectivity index (χ1) is 23.3. The molecule has 0 saturated carbocycles. The molecule has 0 spiro atoms. The molecular weight excluding hydrogens is 634 g/mol. The summed E-state index contributed by atoms with van der Waals surface area (Å²) in [5.74, 6) is 1.71. The van der Waals surface area contributed by atoms with Gasteiger partial charge in [0.15, 0.2) is 5.82 Å². The predicted octanol–water partition coefficient (Wildman–Crippen LogP) is 3.26. The number of hydrogen-bond donors (Lipinski definition) is 5. The lowest BCUT2D eigenvalue weighted by Gasteiger charge is -2.39. The van der Waals surface area contributed by atoms with Gasteiger partial charge in [-0.15, -0.1) is 5.10 Å². The van der Waals surface area contributed by atoms with Crippen LogP contribution in [0.5, 0.6) is 0 Å². The van der Waals surface area contributed by atoms with Gasteiger partial charge in [-0.3, -0.25) is 9.78 Å². The number of rotatable bonds is 7. The third kappa shape index (κ3) is 6.93. The standard InChI is InChI=1S/C34H42ClN9O4/c35-26-18-21(19-27-29(26)39-32(46)37-27)20-28(31(45)42-14-8-23(9-15-42)22-6-12-36-13-7-22)38-33(47)43-16-10-25(11-17-43)44-34(48)40-30(41-44)24-4-2-1-3-5-24/h1-5,18-19,22-23,25,28,36H,6-17,20H2,(H,38,47)(H2,37,39,46)(H,40,41,48). The monoisotopic (exact) mass is 675 g/mol. The Kier molecular flexibility index (Phi) is 9.40. The lowest BCUT2D eigenvalue weighted by atomic mass is 9.79. The number of carbonyl (C=O) groups excluding carboxylic acids is 2. The maximum Gasteiger partial charge on any atom is 0.343 e. The number of likely N-dealkylation sites (tertiary alicyclic amines) is 2. The Morgan fingerprint density at radius 2 is 1.56 bits per heavy atom. The van der Waals surface area contributed by atoms with Crippen LogP contribution in [0.1, 0.15) is 50.1 Å². The number of nitrogens with one attached hydrogen (secondary N) is 5. The second kappa shape index (κ2) is 14.0. The normalized spacial score (nSPS) is 19.1. The minimum Gasteiger partial charge on any atom is -0.341 e. The van der Waals surface area contributed by atoms with Crippen molar-refractivity contribution in [2.45, 2.75) is 57.0 Å². The van der Waals surface area contributed by atoms with E-state index in [1.54, 1.807) is 17.0 Å². The molecule has 3 aliphatic rings. The Morgan fingerprint density at radius 1 is 0.875 bits per heavy atom. The minimum absolute atomic E-state index is 0.114. The van der Waals surface area contributed by atoms with Crippen molar-refractivity contribution in [3.63, 3.8) is 0 Å². The van der Waals surface area contributed by atoms with E-state index in [1.807, 2.05) is 35.2 Å². The molecule has 3 amide bonds. The van der Waals surface area contributed by atoms with Gasteiger partial charge >= 0.3 is 17.4 Å². The fourth-order valence-electron chi connectivity index (χ4n) is 7.70. The van der Waals surface area contributed by atoms with Crippen LogP contribution in [0, 0.1) is 11.8 Å². The van der Waals surface area contributed by atoms with Crippen LogP contribution in [0.25, 0.3) is 22.4 Å². The summed E-state index contributed by atoms with van der Waals surface area (Å²) >= 11 is 6.50. The van der Waals surface area contributed by atoms with Crippen molar-refractivity contribution in [2.75, 3.05) is 39.3 Å². The molecule has 1 atom stereocenters. The number of hydrogen-bond acceptors (Lipinski definition) is 6.